The second-order valence-electron chi connectivity index (χ2n) is 7.66. The van der Waals surface area contributed by atoms with Crippen molar-refractivity contribution in [3.63, 3.8) is 0 Å². The van der Waals surface area contributed by atoms with Crippen LogP contribution in [0.15, 0.2) is 54.7 Å². The molecule has 168 valence electrons. The summed E-state index contributed by atoms with van der Waals surface area (Å²) in [4.78, 5) is 51.9. The zero-order chi connectivity index (χ0) is 23.7. The average molecular weight is 446 g/mol. The maximum absolute atomic E-state index is 13.1. The Morgan fingerprint density at radius 2 is 1.73 bits per heavy atom. The number of carbonyl (C=O) groups excluding carboxylic acids is 4. The van der Waals surface area contributed by atoms with Crippen molar-refractivity contribution in [3.8, 4) is 5.69 Å². The molecule has 1 N–H and O–H groups in total. The second-order valence-corrected chi connectivity index (χ2v) is 7.66. The Morgan fingerprint density at radius 3 is 2.39 bits per heavy atom. The fourth-order valence-electron chi connectivity index (χ4n) is 3.64. The van der Waals surface area contributed by atoms with Gasteiger partial charge >= 0.3 is 5.97 Å². The number of rotatable bonds is 6. The molecule has 0 spiro atoms. The smallest absolute Gasteiger partial charge is 0.343 e. The van der Waals surface area contributed by atoms with Crippen molar-refractivity contribution < 1.29 is 23.9 Å². The van der Waals surface area contributed by atoms with Gasteiger partial charge in [0.15, 0.2) is 5.82 Å². The van der Waals surface area contributed by atoms with Crippen LogP contribution in [0, 0.1) is 0 Å². The highest BCUT2D eigenvalue weighted by Gasteiger charge is 2.37. The monoisotopic (exact) mass is 446 g/mol. The van der Waals surface area contributed by atoms with Gasteiger partial charge in [0.05, 0.1) is 29.6 Å². The fourth-order valence-corrected chi connectivity index (χ4v) is 3.64. The number of hydrogen-bond donors (Lipinski definition) is 1. The summed E-state index contributed by atoms with van der Waals surface area (Å²) in [5.41, 5.74) is 1.31. The molecule has 2 aromatic carbocycles. The van der Waals surface area contributed by atoms with Crippen LogP contribution in [-0.2, 0) is 4.74 Å². The van der Waals surface area contributed by atoms with E-state index in [-0.39, 0.29) is 46.6 Å². The lowest BCUT2D eigenvalue weighted by atomic mass is 10.1. The maximum Gasteiger partial charge on any atom is 0.343 e. The highest BCUT2D eigenvalue weighted by molar-refractivity contribution is 6.22. The predicted molar refractivity (Wildman–Crippen MR) is 120 cm³/mol. The number of benzene rings is 2. The van der Waals surface area contributed by atoms with E-state index in [4.69, 9.17) is 4.74 Å². The topological polar surface area (TPSA) is 111 Å². The van der Waals surface area contributed by atoms with Crippen molar-refractivity contribution in [2.45, 2.75) is 26.8 Å². The van der Waals surface area contributed by atoms with Crippen molar-refractivity contribution in [3.05, 3.63) is 77.0 Å². The van der Waals surface area contributed by atoms with E-state index in [0.717, 1.165) is 4.90 Å². The summed E-state index contributed by atoms with van der Waals surface area (Å²) < 4.78 is 6.52. The zero-order valence-electron chi connectivity index (χ0n) is 18.4. The quantitative estimate of drug-likeness (QED) is 0.459. The predicted octanol–water partition coefficient (Wildman–Crippen LogP) is 3.31. The number of amides is 3. The molecule has 1 aliphatic rings. The third kappa shape index (κ3) is 3.89. The van der Waals surface area contributed by atoms with Gasteiger partial charge in [-0.25, -0.2) is 9.48 Å². The van der Waals surface area contributed by atoms with Crippen molar-refractivity contribution in [2.24, 2.45) is 0 Å². The van der Waals surface area contributed by atoms with Crippen LogP contribution in [0.1, 0.15) is 62.2 Å². The fraction of sp³-hybridized carbons (Fsp3) is 0.208. The minimum absolute atomic E-state index is 0.0902. The van der Waals surface area contributed by atoms with Crippen molar-refractivity contribution >= 4 is 29.5 Å². The maximum atomic E-state index is 13.1. The van der Waals surface area contributed by atoms with Gasteiger partial charge in [-0.15, -0.1) is 0 Å². The van der Waals surface area contributed by atoms with Crippen LogP contribution in [0.4, 0.5) is 5.82 Å². The number of ether oxygens (including phenoxy) is 1. The molecule has 0 bridgehead atoms. The summed E-state index contributed by atoms with van der Waals surface area (Å²) in [7, 11) is 0. The van der Waals surface area contributed by atoms with Crippen molar-refractivity contribution in [1.82, 2.24) is 14.7 Å². The van der Waals surface area contributed by atoms with E-state index in [1.165, 1.54) is 29.1 Å². The first-order valence-corrected chi connectivity index (χ1v) is 10.5. The lowest BCUT2D eigenvalue weighted by molar-refractivity contribution is 0.0525. The van der Waals surface area contributed by atoms with E-state index >= 15 is 0 Å². The molecule has 0 fully saturated rings. The van der Waals surface area contributed by atoms with Crippen LogP contribution < -0.4 is 5.32 Å². The lowest BCUT2D eigenvalue weighted by Crippen LogP contribution is -2.35. The van der Waals surface area contributed by atoms with Crippen LogP contribution in [0.25, 0.3) is 5.69 Å². The van der Waals surface area contributed by atoms with Crippen LogP contribution >= 0.6 is 0 Å². The molecule has 0 aliphatic carbocycles. The SMILES string of the molecule is CCOC(=O)c1cnn(-c2ccccc2)c1NC(=O)c1ccc2c(c1)C(=O)N(C(C)C)C2=O. The molecular weight excluding hydrogens is 424 g/mol. The molecule has 1 aliphatic heterocycles. The standard InChI is InChI=1S/C24H22N4O5/c1-4-33-24(32)19-13-25-28(16-8-6-5-7-9-16)20(19)26-21(29)15-10-11-17-18(12-15)23(31)27(14(2)3)22(17)30/h5-14H,4H2,1-3H3,(H,26,29). The molecule has 0 unspecified atom stereocenters. The van der Waals surface area contributed by atoms with E-state index in [1.807, 2.05) is 6.07 Å². The van der Waals surface area contributed by atoms with Gasteiger partial charge in [0, 0.05) is 11.6 Å². The molecule has 3 aromatic rings. The molecule has 3 amide bonds. The van der Waals surface area contributed by atoms with Gasteiger partial charge in [-0.2, -0.15) is 5.10 Å². The van der Waals surface area contributed by atoms with Crippen molar-refractivity contribution in [2.75, 3.05) is 11.9 Å². The highest BCUT2D eigenvalue weighted by atomic mass is 16.5. The first kappa shape index (κ1) is 21.9. The number of nitrogens with zero attached hydrogens (tertiary/aromatic N) is 3. The minimum atomic E-state index is -0.628. The highest BCUT2D eigenvalue weighted by Crippen LogP contribution is 2.27. The third-order valence-electron chi connectivity index (χ3n) is 5.19. The van der Waals surface area contributed by atoms with Crippen molar-refractivity contribution in [1.29, 1.82) is 0 Å². The average Bonchev–Trinajstić information content (AvgIpc) is 3.33. The molecule has 0 saturated carbocycles. The van der Waals surface area contributed by atoms with Crippen LogP contribution in [0.3, 0.4) is 0 Å². The normalized spacial score (nSPS) is 12.8. The summed E-state index contributed by atoms with van der Waals surface area (Å²) in [6, 6.07) is 13.0. The minimum Gasteiger partial charge on any atom is -0.462 e. The Labute approximate surface area is 190 Å². The summed E-state index contributed by atoms with van der Waals surface area (Å²) in [6.07, 6.45) is 1.33. The largest absolute Gasteiger partial charge is 0.462 e. The number of anilines is 1. The first-order chi connectivity index (χ1) is 15.8. The molecule has 0 radical (unpaired) electrons. The molecule has 1 aromatic heterocycles. The Morgan fingerprint density at radius 1 is 1.03 bits per heavy atom. The number of para-hydroxylation sites is 1. The van der Waals surface area contributed by atoms with Gasteiger partial charge in [-0.1, -0.05) is 18.2 Å². The number of aromatic nitrogens is 2. The van der Waals surface area contributed by atoms with Gasteiger partial charge in [0.2, 0.25) is 0 Å². The number of esters is 1. The molecule has 0 saturated heterocycles. The van der Waals surface area contributed by atoms with Gasteiger partial charge in [0.1, 0.15) is 5.56 Å². The number of hydrogen-bond acceptors (Lipinski definition) is 6. The van der Waals surface area contributed by atoms with E-state index in [9.17, 15) is 19.2 Å². The zero-order valence-corrected chi connectivity index (χ0v) is 18.4. The lowest BCUT2D eigenvalue weighted by Gasteiger charge is -2.17. The molecular formula is C24H22N4O5. The van der Waals surface area contributed by atoms with Crippen LogP contribution in [0.5, 0.6) is 0 Å². The van der Waals surface area contributed by atoms with E-state index in [1.54, 1.807) is 45.0 Å². The summed E-state index contributed by atoms with van der Waals surface area (Å²) >= 11 is 0. The van der Waals surface area contributed by atoms with Gasteiger partial charge < -0.3 is 10.1 Å². The van der Waals surface area contributed by atoms with E-state index < -0.39 is 17.8 Å². The first-order valence-electron chi connectivity index (χ1n) is 10.5. The summed E-state index contributed by atoms with van der Waals surface area (Å²) in [6.45, 7) is 5.34. The Bertz CT molecular complexity index is 1260. The summed E-state index contributed by atoms with van der Waals surface area (Å²) in [5.74, 6) is -1.89. The van der Waals surface area contributed by atoms with Gasteiger partial charge in [0.25, 0.3) is 17.7 Å². The third-order valence-corrected chi connectivity index (χ3v) is 5.19. The molecule has 33 heavy (non-hydrogen) atoms. The molecule has 2 heterocycles. The molecule has 9 heteroatoms. The Hall–Kier alpha value is -4.27. The number of imide groups is 1. The Kier molecular flexibility index (Phi) is 5.78. The number of nitrogens with one attached hydrogen (secondary N) is 1. The number of fused-ring (bicyclic) bond motifs is 1. The number of carbonyl (C=O) groups is 4. The van der Waals surface area contributed by atoms with E-state index in [2.05, 4.69) is 10.4 Å². The van der Waals surface area contributed by atoms with Gasteiger partial charge in [-0.05, 0) is 51.1 Å². The molecule has 0 atom stereocenters. The second kappa shape index (κ2) is 8.70. The van der Waals surface area contributed by atoms with Gasteiger partial charge in [-0.3, -0.25) is 19.3 Å². The van der Waals surface area contributed by atoms with Crippen LogP contribution in [-0.4, -0.2) is 51.0 Å². The molecule has 9 nitrogen and oxygen atoms in total. The van der Waals surface area contributed by atoms with E-state index in [0.29, 0.717) is 5.69 Å². The summed E-state index contributed by atoms with van der Waals surface area (Å²) in [5, 5.41) is 6.96. The van der Waals surface area contributed by atoms with Crippen LogP contribution in [0.2, 0.25) is 0 Å². The molecule has 4 rings (SSSR count). The Balaban J connectivity index is 1.70.